The van der Waals surface area contributed by atoms with Gasteiger partial charge in [0.2, 0.25) is 0 Å². The van der Waals surface area contributed by atoms with E-state index in [1.807, 2.05) is 0 Å². The van der Waals surface area contributed by atoms with E-state index in [-0.39, 0.29) is 5.41 Å². The Morgan fingerprint density at radius 2 is 1.93 bits per heavy atom. The second kappa shape index (κ2) is 7.81. The van der Waals surface area contributed by atoms with Gasteiger partial charge in [-0.15, -0.1) is 0 Å². The molecule has 2 fully saturated rings. The molecule has 30 heavy (non-hydrogen) atoms. The molecule has 2 aliphatic carbocycles. The Balaban J connectivity index is 1.53. The van der Waals surface area contributed by atoms with Crippen molar-refractivity contribution in [2.75, 3.05) is 29.9 Å². The highest BCUT2D eigenvalue weighted by Crippen LogP contribution is 2.55. The van der Waals surface area contributed by atoms with Crippen molar-refractivity contribution in [3.63, 3.8) is 0 Å². The minimum absolute atomic E-state index is 0.275. The third kappa shape index (κ3) is 3.08. The summed E-state index contributed by atoms with van der Waals surface area (Å²) in [6.07, 6.45) is 7.57. The maximum atomic E-state index is 11.1. The number of para-hydroxylation sites is 2. The first-order valence-corrected chi connectivity index (χ1v) is 11.9. The summed E-state index contributed by atoms with van der Waals surface area (Å²) in [6, 6.07) is 13.3. The second-order valence-electron chi connectivity index (χ2n) is 9.36. The number of anilines is 3. The largest absolute Gasteiger partial charge is 0.506 e. The molecule has 3 aliphatic rings. The van der Waals surface area contributed by atoms with Gasteiger partial charge in [-0.2, -0.15) is 0 Å². The van der Waals surface area contributed by atoms with Gasteiger partial charge in [-0.1, -0.05) is 25.0 Å². The van der Waals surface area contributed by atoms with Crippen molar-refractivity contribution in [1.29, 1.82) is 0 Å². The summed E-state index contributed by atoms with van der Waals surface area (Å²) in [5, 5.41) is 18.4. The van der Waals surface area contributed by atoms with Crippen LogP contribution in [-0.4, -0.2) is 30.8 Å². The molecule has 2 aromatic rings. The lowest BCUT2D eigenvalue weighted by Crippen LogP contribution is -2.59. The lowest BCUT2D eigenvalue weighted by Gasteiger charge is -2.56. The van der Waals surface area contributed by atoms with Crippen LogP contribution in [0, 0.1) is 5.92 Å². The lowest BCUT2D eigenvalue weighted by molar-refractivity contribution is 0.0796. The summed E-state index contributed by atoms with van der Waals surface area (Å²) < 4.78 is 0. The number of nitrogens with zero attached hydrogens (tertiary/aromatic N) is 1. The molecule has 0 unspecified atom stereocenters. The average Bonchev–Trinajstić information content (AvgIpc) is 2.77. The number of phenolic OH excluding ortho intramolecular Hbond substituents is 1. The molecule has 2 aromatic carbocycles. The average molecular weight is 406 g/mol. The molecule has 1 saturated heterocycles. The highest BCUT2D eigenvalue weighted by Gasteiger charge is 2.51. The first kappa shape index (κ1) is 19.7. The Hall–Kier alpha value is -2.20. The fraction of sp³-hybridized carbons (Fsp3) is 0.538. The van der Waals surface area contributed by atoms with Gasteiger partial charge in [0.05, 0.1) is 17.1 Å². The van der Waals surface area contributed by atoms with E-state index in [9.17, 15) is 5.11 Å². The molecule has 0 aromatic heterocycles. The van der Waals surface area contributed by atoms with Crippen LogP contribution in [0.5, 0.6) is 5.75 Å². The number of hydrogen-bond donors (Lipinski definition) is 3. The summed E-state index contributed by atoms with van der Waals surface area (Å²) in [5.74, 6) is 1.12. The van der Waals surface area contributed by atoms with Crippen LogP contribution in [0.15, 0.2) is 36.4 Å². The van der Waals surface area contributed by atoms with Gasteiger partial charge >= 0.3 is 0 Å². The van der Waals surface area contributed by atoms with E-state index in [4.69, 9.17) is 0 Å². The highest BCUT2D eigenvalue weighted by molar-refractivity contribution is 5.78. The van der Waals surface area contributed by atoms with Crippen molar-refractivity contribution >= 4 is 17.1 Å². The van der Waals surface area contributed by atoms with Gasteiger partial charge in [0.15, 0.2) is 0 Å². The molecule has 0 amide bonds. The van der Waals surface area contributed by atoms with Crippen LogP contribution in [0.1, 0.15) is 57.1 Å². The minimum Gasteiger partial charge on any atom is -0.506 e. The predicted octanol–water partition coefficient (Wildman–Crippen LogP) is 5.33. The fourth-order valence-corrected chi connectivity index (χ4v) is 6.64. The zero-order valence-electron chi connectivity index (χ0n) is 18.4. The number of phenols is 1. The molecule has 1 heterocycles. The molecule has 3 N–H and O–H groups in total. The Kier molecular flexibility index (Phi) is 5.14. The molecule has 4 nitrogen and oxygen atoms in total. The van der Waals surface area contributed by atoms with Crippen LogP contribution in [0.3, 0.4) is 0 Å². The van der Waals surface area contributed by atoms with Crippen LogP contribution >= 0.6 is 0 Å². The number of fused-ring (bicyclic) bond motifs is 1. The summed E-state index contributed by atoms with van der Waals surface area (Å²) in [6.45, 7) is 7.40. The first-order chi connectivity index (χ1) is 14.7. The molecule has 1 saturated carbocycles. The van der Waals surface area contributed by atoms with Crippen molar-refractivity contribution in [2.24, 2.45) is 5.92 Å². The maximum Gasteiger partial charge on any atom is 0.139 e. The fourth-order valence-electron chi connectivity index (χ4n) is 6.64. The number of hydrogen-bond acceptors (Lipinski definition) is 4. The van der Waals surface area contributed by atoms with Gasteiger partial charge in [0.1, 0.15) is 5.75 Å². The third-order valence-electron chi connectivity index (χ3n) is 8.04. The van der Waals surface area contributed by atoms with Crippen LogP contribution in [0.4, 0.5) is 17.1 Å². The monoisotopic (exact) mass is 405 g/mol. The summed E-state index contributed by atoms with van der Waals surface area (Å²) in [7, 11) is 0. The topological polar surface area (TPSA) is 47.5 Å². The molecular weight excluding hydrogens is 370 g/mol. The van der Waals surface area contributed by atoms with E-state index in [1.54, 1.807) is 0 Å². The van der Waals surface area contributed by atoms with Crippen LogP contribution < -0.4 is 15.5 Å². The van der Waals surface area contributed by atoms with Gasteiger partial charge < -0.3 is 20.6 Å². The van der Waals surface area contributed by atoms with Crippen molar-refractivity contribution in [3.05, 3.63) is 47.5 Å². The van der Waals surface area contributed by atoms with Gasteiger partial charge in [-0.3, -0.25) is 0 Å². The predicted molar refractivity (Wildman–Crippen MR) is 125 cm³/mol. The van der Waals surface area contributed by atoms with E-state index in [2.05, 4.69) is 65.8 Å². The standard InChI is InChI=1S/C26H35N3O/c1-3-29(4-2)24-11-6-5-10-21(24)28-23-16-18-15-22-19-9-7-8-12-26(19,13-14-27-22)20(18)17-25(23)30/h5-6,10-11,16-17,19,22,27-28,30H,3-4,7-9,12-15H2,1-2H3/t19-,22+,26+/m1/s1. The Labute approximate surface area is 180 Å². The van der Waals surface area contributed by atoms with Crippen molar-refractivity contribution in [2.45, 2.75) is 63.8 Å². The minimum atomic E-state index is 0.275. The maximum absolute atomic E-state index is 11.1. The molecular formula is C26H35N3O. The van der Waals surface area contributed by atoms with Crippen LogP contribution in [0.25, 0.3) is 0 Å². The van der Waals surface area contributed by atoms with Gasteiger partial charge in [-0.25, -0.2) is 0 Å². The quantitative estimate of drug-likeness (QED) is 0.589. The number of piperidine rings is 1. The highest BCUT2D eigenvalue weighted by atomic mass is 16.3. The summed E-state index contributed by atoms with van der Waals surface area (Å²) in [4.78, 5) is 2.34. The lowest BCUT2D eigenvalue weighted by atomic mass is 9.53. The van der Waals surface area contributed by atoms with Gasteiger partial charge in [0, 0.05) is 24.5 Å². The van der Waals surface area contributed by atoms with Gasteiger partial charge in [-0.05, 0) is 87.4 Å². The van der Waals surface area contributed by atoms with E-state index in [1.165, 1.54) is 48.9 Å². The van der Waals surface area contributed by atoms with E-state index >= 15 is 0 Å². The summed E-state index contributed by atoms with van der Waals surface area (Å²) >= 11 is 0. The van der Waals surface area contributed by atoms with E-state index < -0.39 is 0 Å². The van der Waals surface area contributed by atoms with Crippen LogP contribution in [0.2, 0.25) is 0 Å². The molecule has 0 radical (unpaired) electrons. The molecule has 1 aliphatic heterocycles. The molecule has 160 valence electrons. The SMILES string of the molecule is CCN(CC)c1ccccc1Nc1cc2c(cc1O)[C@]13CCCC[C@@H]1[C@H](C2)NCC3. The van der Waals surface area contributed by atoms with Crippen molar-refractivity contribution < 1.29 is 5.11 Å². The third-order valence-corrected chi connectivity index (χ3v) is 8.04. The van der Waals surface area contributed by atoms with Crippen molar-refractivity contribution in [3.8, 4) is 5.75 Å². The van der Waals surface area contributed by atoms with E-state index in [0.29, 0.717) is 11.8 Å². The number of rotatable bonds is 5. The zero-order valence-corrected chi connectivity index (χ0v) is 18.4. The smallest absolute Gasteiger partial charge is 0.139 e. The summed E-state index contributed by atoms with van der Waals surface area (Å²) in [5.41, 5.74) is 6.20. The Bertz CT molecular complexity index is 918. The van der Waals surface area contributed by atoms with E-state index in [0.717, 1.165) is 43.3 Å². The number of nitrogens with one attached hydrogen (secondary N) is 2. The Morgan fingerprint density at radius 3 is 2.77 bits per heavy atom. The van der Waals surface area contributed by atoms with Crippen LogP contribution in [-0.2, 0) is 11.8 Å². The normalized spacial score (nSPS) is 27.1. The molecule has 0 spiro atoms. The zero-order chi connectivity index (χ0) is 20.7. The Morgan fingerprint density at radius 1 is 1.10 bits per heavy atom. The first-order valence-electron chi connectivity index (χ1n) is 11.9. The van der Waals surface area contributed by atoms with Crippen molar-refractivity contribution in [1.82, 2.24) is 5.32 Å². The molecule has 5 rings (SSSR count). The number of benzene rings is 2. The molecule has 3 atom stereocenters. The molecule has 2 bridgehead atoms. The number of aromatic hydroxyl groups is 1. The molecule has 4 heteroatoms. The van der Waals surface area contributed by atoms with Gasteiger partial charge in [0.25, 0.3) is 0 Å². The second-order valence-corrected chi connectivity index (χ2v) is 9.36.